The van der Waals surface area contributed by atoms with Gasteiger partial charge in [-0.2, -0.15) is 0 Å². The molecule has 4 aliphatic rings. The number of imide groups is 1. The number of β-amino-alcohol motifs (C(OH)–C–C–N with tert-alkyl or cyclic N) is 1. The molecule has 0 spiro atoms. The Morgan fingerprint density at radius 3 is 2.29 bits per heavy atom. The van der Waals surface area contributed by atoms with Crippen molar-refractivity contribution in [1.82, 2.24) is 14.8 Å². The number of aliphatic hydroxyl groups is 1. The predicted octanol–water partition coefficient (Wildman–Crippen LogP) is 0.596. The molecule has 2 saturated heterocycles. The molecule has 5 atom stereocenters. The van der Waals surface area contributed by atoms with Gasteiger partial charge >= 0.3 is 0 Å². The zero-order valence-corrected chi connectivity index (χ0v) is 16.1. The number of amides is 2. The van der Waals surface area contributed by atoms with Crippen LogP contribution in [-0.2, 0) is 9.59 Å². The third-order valence-corrected chi connectivity index (χ3v) is 7.23. The number of hydrogen-bond acceptors (Lipinski definition) is 6. The standard InChI is InChI=1S/C21H28N4O3/c26-16(12-23-7-9-24(10-8-23)17-3-1-2-6-22-17)13-25-20(27)18-14-4-5-15(11-14)19(18)21(25)28/h1-3,6,14-16,18-19,26H,4-5,7-13H2/t14-,15?,16?,18-,19?/m0/s1. The molecule has 2 amide bonds. The number of pyridine rings is 1. The number of carbonyl (C=O) groups excluding carboxylic acids is 2. The Labute approximate surface area is 165 Å². The van der Waals surface area contributed by atoms with E-state index in [0.29, 0.717) is 18.4 Å². The number of likely N-dealkylation sites (tertiary alicyclic amines) is 1. The van der Waals surface area contributed by atoms with Crippen molar-refractivity contribution in [3.63, 3.8) is 0 Å². The number of rotatable bonds is 5. The van der Waals surface area contributed by atoms with Gasteiger partial charge in [-0.1, -0.05) is 6.07 Å². The van der Waals surface area contributed by atoms with Crippen molar-refractivity contribution in [3.05, 3.63) is 24.4 Å². The second-order valence-corrected chi connectivity index (χ2v) is 8.80. The van der Waals surface area contributed by atoms with E-state index in [1.165, 1.54) is 4.90 Å². The largest absolute Gasteiger partial charge is 0.390 e. The van der Waals surface area contributed by atoms with Crippen molar-refractivity contribution in [1.29, 1.82) is 0 Å². The highest BCUT2D eigenvalue weighted by Crippen LogP contribution is 2.56. The van der Waals surface area contributed by atoms with Crippen molar-refractivity contribution in [2.75, 3.05) is 44.2 Å². The van der Waals surface area contributed by atoms with Gasteiger partial charge in [0.25, 0.3) is 0 Å². The Bertz CT molecular complexity index is 721. The van der Waals surface area contributed by atoms with Crippen molar-refractivity contribution in [2.24, 2.45) is 23.7 Å². The first-order valence-electron chi connectivity index (χ1n) is 10.5. The summed E-state index contributed by atoms with van der Waals surface area (Å²) < 4.78 is 0. The van der Waals surface area contributed by atoms with E-state index in [2.05, 4.69) is 14.8 Å². The SMILES string of the molecule is O=C1C2C3CC[C@@H](C3)[C@@H]2C(=O)N1CC(O)CN1CCN(c2ccccn2)CC1. The van der Waals surface area contributed by atoms with E-state index in [-0.39, 0.29) is 30.2 Å². The van der Waals surface area contributed by atoms with Gasteiger partial charge < -0.3 is 10.0 Å². The molecule has 1 aromatic heterocycles. The van der Waals surface area contributed by atoms with Crippen LogP contribution < -0.4 is 4.90 Å². The predicted molar refractivity (Wildman–Crippen MR) is 103 cm³/mol. The molecule has 1 aromatic rings. The van der Waals surface area contributed by atoms with Gasteiger partial charge in [-0.05, 0) is 43.2 Å². The quantitative estimate of drug-likeness (QED) is 0.749. The van der Waals surface area contributed by atoms with Gasteiger partial charge in [0, 0.05) is 38.9 Å². The number of aliphatic hydroxyl groups excluding tert-OH is 1. The maximum Gasteiger partial charge on any atom is 0.233 e. The highest BCUT2D eigenvalue weighted by molar-refractivity contribution is 6.06. The van der Waals surface area contributed by atoms with Gasteiger partial charge in [0.15, 0.2) is 0 Å². The fourth-order valence-corrected chi connectivity index (χ4v) is 5.92. The van der Waals surface area contributed by atoms with Crippen LogP contribution in [0.2, 0.25) is 0 Å². The van der Waals surface area contributed by atoms with Crippen molar-refractivity contribution < 1.29 is 14.7 Å². The molecule has 5 rings (SSSR count). The zero-order valence-electron chi connectivity index (χ0n) is 16.1. The van der Waals surface area contributed by atoms with Gasteiger partial charge in [-0.25, -0.2) is 4.98 Å². The molecule has 7 heteroatoms. The number of hydrogen-bond donors (Lipinski definition) is 1. The smallest absolute Gasteiger partial charge is 0.233 e. The van der Waals surface area contributed by atoms with Gasteiger partial charge in [0.2, 0.25) is 11.8 Å². The second kappa shape index (κ2) is 7.12. The van der Waals surface area contributed by atoms with Crippen LogP contribution >= 0.6 is 0 Å². The molecule has 2 aliphatic heterocycles. The molecular formula is C21H28N4O3. The summed E-state index contributed by atoms with van der Waals surface area (Å²) in [5.41, 5.74) is 0. The van der Waals surface area contributed by atoms with Crippen LogP contribution in [0.25, 0.3) is 0 Å². The van der Waals surface area contributed by atoms with E-state index in [1.807, 2.05) is 18.2 Å². The number of anilines is 1. The van der Waals surface area contributed by atoms with E-state index in [0.717, 1.165) is 51.3 Å². The minimum absolute atomic E-state index is 0.0266. The van der Waals surface area contributed by atoms with Crippen LogP contribution in [0.15, 0.2) is 24.4 Å². The Kier molecular flexibility index (Phi) is 4.59. The third-order valence-electron chi connectivity index (χ3n) is 7.23. The van der Waals surface area contributed by atoms with E-state index >= 15 is 0 Å². The van der Waals surface area contributed by atoms with E-state index in [9.17, 15) is 14.7 Å². The molecule has 28 heavy (non-hydrogen) atoms. The first-order chi connectivity index (χ1) is 13.6. The van der Waals surface area contributed by atoms with E-state index < -0.39 is 6.10 Å². The molecule has 2 aliphatic carbocycles. The summed E-state index contributed by atoms with van der Waals surface area (Å²) in [6.07, 6.45) is 4.33. The Morgan fingerprint density at radius 1 is 1.00 bits per heavy atom. The fraction of sp³-hybridized carbons (Fsp3) is 0.667. The number of piperazine rings is 1. The molecule has 3 unspecified atom stereocenters. The first-order valence-corrected chi connectivity index (χ1v) is 10.5. The molecule has 150 valence electrons. The molecule has 4 fully saturated rings. The summed E-state index contributed by atoms with van der Waals surface area (Å²) >= 11 is 0. The van der Waals surface area contributed by atoms with E-state index in [1.54, 1.807) is 6.20 Å². The summed E-state index contributed by atoms with van der Waals surface area (Å²) in [6.45, 7) is 4.04. The van der Waals surface area contributed by atoms with Crippen molar-refractivity contribution in [2.45, 2.75) is 25.4 Å². The van der Waals surface area contributed by atoms with Crippen LogP contribution in [0.3, 0.4) is 0 Å². The van der Waals surface area contributed by atoms with Gasteiger partial charge in [0.1, 0.15) is 5.82 Å². The number of carbonyl (C=O) groups is 2. The lowest BCUT2D eigenvalue weighted by Gasteiger charge is -2.36. The lowest BCUT2D eigenvalue weighted by atomic mass is 9.81. The monoisotopic (exact) mass is 384 g/mol. The minimum Gasteiger partial charge on any atom is -0.390 e. The minimum atomic E-state index is -0.689. The van der Waals surface area contributed by atoms with Crippen LogP contribution in [0.4, 0.5) is 5.82 Å². The van der Waals surface area contributed by atoms with Gasteiger partial charge in [-0.3, -0.25) is 19.4 Å². The Hall–Kier alpha value is -1.99. The molecule has 3 heterocycles. The van der Waals surface area contributed by atoms with Gasteiger partial charge in [-0.15, -0.1) is 0 Å². The summed E-state index contributed by atoms with van der Waals surface area (Å²) in [6, 6.07) is 5.92. The van der Waals surface area contributed by atoms with Crippen molar-refractivity contribution in [3.8, 4) is 0 Å². The Morgan fingerprint density at radius 2 is 1.68 bits per heavy atom. The molecule has 0 aromatic carbocycles. The first kappa shape index (κ1) is 18.1. The number of fused-ring (bicyclic) bond motifs is 5. The van der Waals surface area contributed by atoms with Crippen molar-refractivity contribution >= 4 is 17.6 Å². The molecule has 2 saturated carbocycles. The van der Waals surface area contributed by atoms with Crippen LogP contribution in [0.5, 0.6) is 0 Å². The highest BCUT2D eigenvalue weighted by Gasteiger charge is 2.60. The molecule has 2 bridgehead atoms. The zero-order chi connectivity index (χ0) is 19.3. The average molecular weight is 384 g/mol. The second-order valence-electron chi connectivity index (χ2n) is 8.80. The lowest BCUT2D eigenvalue weighted by molar-refractivity contribution is -0.142. The normalized spacial score (nSPS) is 33.6. The van der Waals surface area contributed by atoms with Gasteiger partial charge in [0.05, 0.1) is 24.5 Å². The topological polar surface area (TPSA) is 77.0 Å². The number of aromatic nitrogens is 1. The summed E-state index contributed by atoms with van der Waals surface area (Å²) in [7, 11) is 0. The highest BCUT2D eigenvalue weighted by atomic mass is 16.3. The van der Waals surface area contributed by atoms with E-state index in [4.69, 9.17) is 0 Å². The maximum atomic E-state index is 12.8. The maximum absolute atomic E-state index is 12.8. The molecule has 0 radical (unpaired) electrons. The van der Waals surface area contributed by atoms with Crippen LogP contribution in [0, 0.1) is 23.7 Å². The molecule has 7 nitrogen and oxygen atoms in total. The summed E-state index contributed by atoms with van der Waals surface area (Å²) in [4.78, 5) is 35.8. The fourth-order valence-electron chi connectivity index (χ4n) is 5.92. The van der Waals surface area contributed by atoms with Crippen LogP contribution in [0.1, 0.15) is 19.3 Å². The number of nitrogens with zero attached hydrogens (tertiary/aromatic N) is 4. The molecular weight excluding hydrogens is 356 g/mol. The summed E-state index contributed by atoms with van der Waals surface area (Å²) in [5.74, 6) is 1.53. The molecule has 1 N–H and O–H groups in total. The average Bonchev–Trinajstić information content (AvgIpc) is 3.39. The Balaban J connectivity index is 1.14. The van der Waals surface area contributed by atoms with Crippen LogP contribution in [-0.4, -0.2) is 77.1 Å². The lowest BCUT2D eigenvalue weighted by Crippen LogP contribution is -2.50. The third kappa shape index (κ3) is 3.01. The summed E-state index contributed by atoms with van der Waals surface area (Å²) in [5, 5.41) is 10.6.